The summed E-state index contributed by atoms with van der Waals surface area (Å²) in [5, 5.41) is 11.5. The Kier molecular flexibility index (Phi) is 3.06. The summed E-state index contributed by atoms with van der Waals surface area (Å²) in [5.41, 5.74) is 3.27. The molecular weight excluding hydrogens is 267 g/mol. The Bertz CT molecular complexity index is 578. The Labute approximate surface area is 116 Å². The van der Waals surface area contributed by atoms with Crippen LogP contribution in [-0.2, 0) is 0 Å². The average molecular weight is 279 g/mol. The summed E-state index contributed by atoms with van der Waals surface area (Å²) in [6.45, 7) is 0. The largest absolute Gasteiger partial charge is 0.388 e. The maximum Gasteiger partial charge on any atom is 0.0802 e. The van der Waals surface area contributed by atoms with Gasteiger partial charge in [-0.3, -0.25) is 0 Å². The van der Waals surface area contributed by atoms with Crippen molar-refractivity contribution in [1.82, 2.24) is 0 Å². The summed E-state index contributed by atoms with van der Waals surface area (Å²) in [6, 6.07) is 13.5. The monoisotopic (exact) mass is 278 g/mol. The lowest BCUT2D eigenvalue weighted by atomic mass is 9.93. The fourth-order valence-corrected chi connectivity index (χ4v) is 2.95. The third kappa shape index (κ3) is 2.03. The van der Waals surface area contributed by atoms with E-state index in [1.165, 1.54) is 5.56 Å². The number of halogens is 2. The van der Waals surface area contributed by atoms with Crippen LogP contribution in [0.3, 0.4) is 0 Å². The van der Waals surface area contributed by atoms with Gasteiger partial charge in [-0.15, -0.1) is 0 Å². The fourth-order valence-electron chi connectivity index (χ4n) is 2.64. The van der Waals surface area contributed by atoms with Crippen LogP contribution in [0.25, 0.3) is 0 Å². The topological polar surface area (TPSA) is 20.2 Å². The van der Waals surface area contributed by atoms with Gasteiger partial charge in [-0.25, -0.2) is 0 Å². The van der Waals surface area contributed by atoms with Gasteiger partial charge < -0.3 is 5.11 Å². The highest BCUT2D eigenvalue weighted by molar-refractivity contribution is 6.30. The quantitative estimate of drug-likeness (QED) is 0.811. The lowest BCUT2D eigenvalue weighted by Crippen LogP contribution is -1.96. The van der Waals surface area contributed by atoms with Gasteiger partial charge in [0.05, 0.1) is 6.10 Å². The summed E-state index contributed by atoms with van der Waals surface area (Å²) in [6.07, 6.45) is 0.301. The van der Waals surface area contributed by atoms with Crippen LogP contribution in [0.2, 0.25) is 10.0 Å². The zero-order valence-electron chi connectivity index (χ0n) is 9.61. The van der Waals surface area contributed by atoms with Crippen molar-refractivity contribution >= 4 is 23.2 Å². The zero-order valence-corrected chi connectivity index (χ0v) is 11.1. The second-order valence-electron chi connectivity index (χ2n) is 4.63. The van der Waals surface area contributed by atoms with E-state index >= 15 is 0 Å². The third-order valence-corrected chi connectivity index (χ3v) is 4.00. The maximum atomic E-state index is 10.1. The van der Waals surface area contributed by atoms with Crippen LogP contribution in [0.4, 0.5) is 0 Å². The molecular formula is C15H12Cl2O. The highest BCUT2D eigenvalue weighted by Crippen LogP contribution is 2.44. The van der Waals surface area contributed by atoms with Gasteiger partial charge in [0.15, 0.2) is 0 Å². The van der Waals surface area contributed by atoms with Crippen molar-refractivity contribution < 1.29 is 5.11 Å². The zero-order chi connectivity index (χ0) is 12.7. The SMILES string of the molecule is O[C@@H]1C[C@H](c2ccc(Cl)cc2)c2cc(Cl)ccc21. The molecule has 0 heterocycles. The average Bonchev–Trinajstić information content (AvgIpc) is 2.67. The van der Waals surface area contributed by atoms with E-state index in [0.717, 1.165) is 16.1 Å². The minimum Gasteiger partial charge on any atom is -0.388 e. The van der Waals surface area contributed by atoms with Crippen LogP contribution in [0.5, 0.6) is 0 Å². The van der Waals surface area contributed by atoms with Crippen molar-refractivity contribution in [1.29, 1.82) is 0 Å². The van der Waals surface area contributed by atoms with E-state index in [-0.39, 0.29) is 5.92 Å². The smallest absolute Gasteiger partial charge is 0.0802 e. The van der Waals surface area contributed by atoms with Crippen molar-refractivity contribution in [2.75, 3.05) is 0 Å². The van der Waals surface area contributed by atoms with E-state index in [4.69, 9.17) is 23.2 Å². The third-order valence-electron chi connectivity index (χ3n) is 3.51. The summed E-state index contributed by atoms with van der Waals surface area (Å²) in [4.78, 5) is 0. The molecule has 0 radical (unpaired) electrons. The van der Waals surface area contributed by atoms with Gasteiger partial charge in [-0.2, -0.15) is 0 Å². The first-order valence-electron chi connectivity index (χ1n) is 5.88. The van der Waals surface area contributed by atoms with Crippen LogP contribution in [-0.4, -0.2) is 5.11 Å². The molecule has 0 amide bonds. The van der Waals surface area contributed by atoms with E-state index in [9.17, 15) is 5.11 Å². The minimum atomic E-state index is -0.405. The Hall–Kier alpha value is -1.02. The number of hydrogen-bond acceptors (Lipinski definition) is 1. The van der Waals surface area contributed by atoms with Crippen molar-refractivity contribution in [2.45, 2.75) is 18.4 Å². The Morgan fingerprint density at radius 1 is 0.889 bits per heavy atom. The van der Waals surface area contributed by atoms with E-state index in [2.05, 4.69) is 0 Å². The summed E-state index contributed by atoms with van der Waals surface area (Å²) in [5.74, 6) is 0.200. The van der Waals surface area contributed by atoms with E-state index in [1.54, 1.807) is 0 Å². The molecule has 2 aromatic rings. The second kappa shape index (κ2) is 4.58. The normalized spacial score (nSPS) is 21.9. The molecule has 1 N–H and O–H groups in total. The second-order valence-corrected chi connectivity index (χ2v) is 5.50. The first-order chi connectivity index (χ1) is 8.65. The molecule has 0 bridgehead atoms. The highest BCUT2D eigenvalue weighted by Gasteiger charge is 2.30. The van der Waals surface area contributed by atoms with Crippen LogP contribution >= 0.6 is 23.2 Å². The van der Waals surface area contributed by atoms with Crippen molar-refractivity contribution in [3.8, 4) is 0 Å². The predicted molar refractivity (Wildman–Crippen MR) is 74.3 cm³/mol. The summed E-state index contributed by atoms with van der Waals surface area (Å²) in [7, 11) is 0. The summed E-state index contributed by atoms with van der Waals surface area (Å²) >= 11 is 11.9. The molecule has 2 aromatic carbocycles. The van der Waals surface area contributed by atoms with Crippen LogP contribution in [0, 0.1) is 0 Å². The molecule has 0 unspecified atom stereocenters. The van der Waals surface area contributed by atoms with Gasteiger partial charge >= 0.3 is 0 Å². The van der Waals surface area contributed by atoms with Gasteiger partial charge in [-0.1, -0.05) is 41.4 Å². The van der Waals surface area contributed by atoms with E-state index in [1.807, 2.05) is 42.5 Å². The molecule has 0 saturated carbocycles. The number of aliphatic hydroxyl groups excluding tert-OH is 1. The number of rotatable bonds is 1. The Balaban J connectivity index is 2.06. The van der Waals surface area contributed by atoms with E-state index < -0.39 is 6.10 Å². The van der Waals surface area contributed by atoms with Crippen molar-refractivity contribution in [3.05, 3.63) is 69.2 Å². The van der Waals surface area contributed by atoms with Gasteiger partial charge in [0.2, 0.25) is 0 Å². The number of hydrogen-bond donors (Lipinski definition) is 1. The maximum absolute atomic E-state index is 10.1. The number of benzene rings is 2. The first-order valence-corrected chi connectivity index (χ1v) is 6.63. The van der Waals surface area contributed by atoms with Crippen molar-refractivity contribution in [3.63, 3.8) is 0 Å². The van der Waals surface area contributed by atoms with Gasteiger partial charge in [-0.05, 0) is 47.4 Å². The standard InChI is InChI=1S/C15H12Cl2O/c16-10-3-1-9(2-4-10)13-8-15(18)12-6-5-11(17)7-14(12)13/h1-7,13,15,18H,8H2/t13-,15-/m1/s1. The number of aliphatic hydroxyl groups is 1. The summed E-state index contributed by atoms with van der Waals surface area (Å²) < 4.78 is 0. The lowest BCUT2D eigenvalue weighted by molar-refractivity contribution is 0.176. The Morgan fingerprint density at radius 2 is 1.56 bits per heavy atom. The molecule has 3 rings (SSSR count). The highest BCUT2D eigenvalue weighted by atomic mass is 35.5. The lowest BCUT2D eigenvalue weighted by Gasteiger charge is -2.12. The fraction of sp³-hybridized carbons (Fsp3) is 0.200. The number of fused-ring (bicyclic) bond motifs is 1. The van der Waals surface area contributed by atoms with Crippen LogP contribution < -0.4 is 0 Å². The molecule has 0 fully saturated rings. The molecule has 0 aromatic heterocycles. The molecule has 0 spiro atoms. The molecule has 0 saturated heterocycles. The molecule has 18 heavy (non-hydrogen) atoms. The Morgan fingerprint density at radius 3 is 2.28 bits per heavy atom. The van der Waals surface area contributed by atoms with Crippen molar-refractivity contribution in [2.24, 2.45) is 0 Å². The van der Waals surface area contributed by atoms with Gasteiger partial charge in [0.25, 0.3) is 0 Å². The van der Waals surface area contributed by atoms with Crippen LogP contribution in [0.15, 0.2) is 42.5 Å². The van der Waals surface area contributed by atoms with E-state index in [0.29, 0.717) is 11.4 Å². The molecule has 3 heteroatoms. The van der Waals surface area contributed by atoms with Gasteiger partial charge in [0.1, 0.15) is 0 Å². The minimum absolute atomic E-state index is 0.200. The molecule has 92 valence electrons. The molecule has 1 aliphatic rings. The molecule has 0 aliphatic heterocycles. The first kappa shape index (κ1) is 12.0. The van der Waals surface area contributed by atoms with Crippen LogP contribution in [0.1, 0.15) is 35.1 Å². The predicted octanol–water partition coefficient (Wildman–Crippen LogP) is 4.56. The van der Waals surface area contributed by atoms with Gasteiger partial charge in [0, 0.05) is 16.0 Å². The molecule has 2 atom stereocenters. The molecule has 1 nitrogen and oxygen atoms in total. The molecule has 1 aliphatic carbocycles.